The first-order valence-electron chi connectivity index (χ1n) is 6.09. The molecule has 1 N–H and O–H groups in total. The SMILES string of the molecule is COc1ccc(C)cc1C(O)Cn1ccc(=O)cc1. The van der Waals surface area contributed by atoms with Crippen LogP contribution in [0.4, 0.5) is 0 Å². The van der Waals surface area contributed by atoms with Gasteiger partial charge in [-0.1, -0.05) is 11.6 Å². The number of hydrogen-bond donors (Lipinski definition) is 1. The standard InChI is InChI=1S/C15H17NO3/c1-11-3-4-15(19-2)13(9-11)14(18)10-16-7-5-12(17)6-8-16/h3-9,14,18H,10H2,1-2H3. The Balaban J connectivity index is 2.24. The van der Waals surface area contributed by atoms with Gasteiger partial charge in [-0.05, 0) is 19.1 Å². The normalized spacial score (nSPS) is 12.2. The van der Waals surface area contributed by atoms with Crippen molar-refractivity contribution in [3.8, 4) is 5.75 Å². The zero-order chi connectivity index (χ0) is 13.8. The van der Waals surface area contributed by atoms with Crippen molar-refractivity contribution < 1.29 is 9.84 Å². The van der Waals surface area contributed by atoms with Crippen LogP contribution >= 0.6 is 0 Å². The minimum Gasteiger partial charge on any atom is -0.496 e. The lowest BCUT2D eigenvalue weighted by molar-refractivity contribution is 0.152. The molecule has 4 nitrogen and oxygen atoms in total. The van der Waals surface area contributed by atoms with Crippen LogP contribution in [0.15, 0.2) is 47.5 Å². The molecule has 0 aliphatic heterocycles. The number of aromatic nitrogens is 1. The minimum absolute atomic E-state index is 0.0427. The van der Waals surface area contributed by atoms with Crippen LogP contribution in [0.3, 0.4) is 0 Å². The first-order chi connectivity index (χ1) is 9.10. The summed E-state index contributed by atoms with van der Waals surface area (Å²) in [5.74, 6) is 0.666. The fourth-order valence-electron chi connectivity index (χ4n) is 1.98. The highest BCUT2D eigenvalue weighted by Crippen LogP contribution is 2.27. The van der Waals surface area contributed by atoms with Crippen LogP contribution in [-0.2, 0) is 6.54 Å². The maximum absolute atomic E-state index is 11.0. The number of aliphatic hydroxyl groups excluding tert-OH is 1. The van der Waals surface area contributed by atoms with Gasteiger partial charge in [0.05, 0.1) is 13.7 Å². The van der Waals surface area contributed by atoms with E-state index in [1.54, 1.807) is 24.1 Å². The largest absolute Gasteiger partial charge is 0.496 e. The van der Waals surface area contributed by atoms with Crippen LogP contribution in [0, 0.1) is 6.92 Å². The van der Waals surface area contributed by atoms with E-state index in [9.17, 15) is 9.90 Å². The third-order valence-corrected chi connectivity index (χ3v) is 2.99. The lowest BCUT2D eigenvalue weighted by Crippen LogP contribution is -2.11. The van der Waals surface area contributed by atoms with Crippen LogP contribution in [0.2, 0.25) is 0 Å². The van der Waals surface area contributed by atoms with Gasteiger partial charge in [0.15, 0.2) is 5.43 Å². The quantitative estimate of drug-likeness (QED) is 0.912. The average Bonchev–Trinajstić information content (AvgIpc) is 2.41. The van der Waals surface area contributed by atoms with Crippen LogP contribution < -0.4 is 10.2 Å². The van der Waals surface area contributed by atoms with Gasteiger partial charge < -0.3 is 14.4 Å². The van der Waals surface area contributed by atoms with Gasteiger partial charge in [-0.15, -0.1) is 0 Å². The number of hydrogen-bond acceptors (Lipinski definition) is 3. The Hall–Kier alpha value is -2.07. The molecule has 1 aromatic carbocycles. The molecule has 0 amide bonds. The molecule has 0 saturated heterocycles. The monoisotopic (exact) mass is 259 g/mol. The number of pyridine rings is 1. The van der Waals surface area contributed by atoms with Gasteiger partial charge in [0.1, 0.15) is 11.9 Å². The van der Waals surface area contributed by atoms with Crippen molar-refractivity contribution in [2.75, 3.05) is 7.11 Å². The molecule has 0 bridgehead atoms. The zero-order valence-electron chi connectivity index (χ0n) is 11.0. The second-order valence-electron chi connectivity index (χ2n) is 4.49. The van der Waals surface area contributed by atoms with E-state index in [4.69, 9.17) is 4.74 Å². The topological polar surface area (TPSA) is 51.5 Å². The van der Waals surface area contributed by atoms with Gasteiger partial charge >= 0.3 is 0 Å². The molecule has 2 rings (SSSR count). The molecule has 1 aromatic heterocycles. The molecule has 1 unspecified atom stereocenters. The predicted octanol–water partition coefficient (Wildman–Crippen LogP) is 1.90. The molecule has 19 heavy (non-hydrogen) atoms. The smallest absolute Gasteiger partial charge is 0.181 e. The summed E-state index contributed by atoms with van der Waals surface area (Å²) in [6.07, 6.45) is 2.64. The minimum atomic E-state index is -0.683. The highest BCUT2D eigenvalue weighted by molar-refractivity contribution is 5.38. The molecular formula is C15H17NO3. The highest BCUT2D eigenvalue weighted by Gasteiger charge is 2.13. The van der Waals surface area contributed by atoms with Crippen molar-refractivity contribution in [3.05, 3.63) is 64.1 Å². The second-order valence-corrected chi connectivity index (χ2v) is 4.49. The van der Waals surface area contributed by atoms with Crippen LogP contribution in [0.1, 0.15) is 17.2 Å². The van der Waals surface area contributed by atoms with Crippen LogP contribution in [0.5, 0.6) is 5.75 Å². The summed E-state index contributed by atoms with van der Waals surface area (Å²) in [5.41, 5.74) is 1.77. The summed E-state index contributed by atoms with van der Waals surface area (Å²) in [7, 11) is 1.58. The van der Waals surface area contributed by atoms with E-state index in [0.29, 0.717) is 12.3 Å². The maximum Gasteiger partial charge on any atom is 0.181 e. The van der Waals surface area contributed by atoms with Crippen LogP contribution in [-0.4, -0.2) is 16.8 Å². The van der Waals surface area contributed by atoms with Gasteiger partial charge in [0, 0.05) is 30.1 Å². The Morgan fingerprint density at radius 3 is 2.58 bits per heavy atom. The van der Waals surface area contributed by atoms with Gasteiger partial charge in [-0.3, -0.25) is 4.79 Å². The lowest BCUT2D eigenvalue weighted by Gasteiger charge is -2.17. The third kappa shape index (κ3) is 3.23. The van der Waals surface area contributed by atoms with Crippen molar-refractivity contribution in [3.63, 3.8) is 0 Å². The molecule has 4 heteroatoms. The molecule has 0 fully saturated rings. The van der Waals surface area contributed by atoms with E-state index in [-0.39, 0.29) is 5.43 Å². The number of aliphatic hydroxyl groups is 1. The zero-order valence-corrected chi connectivity index (χ0v) is 11.0. The number of rotatable bonds is 4. The molecule has 100 valence electrons. The Morgan fingerprint density at radius 2 is 1.95 bits per heavy atom. The Labute approximate surface area is 111 Å². The molecule has 1 heterocycles. The molecule has 0 spiro atoms. The molecular weight excluding hydrogens is 242 g/mol. The van der Waals surface area contributed by atoms with E-state index in [0.717, 1.165) is 11.1 Å². The summed E-state index contributed by atoms with van der Waals surface area (Å²) in [6.45, 7) is 2.34. The van der Waals surface area contributed by atoms with E-state index in [1.165, 1.54) is 12.1 Å². The lowest BCUT2D eigenvalue weighted by atomic mass is 10.1. The second kappa shape index (κ2) is 5.71. The fourth-order valence-corrected chi connectivity index (χ4v) is 1.98. The first-order valence-corrected chi connectivity index (χ1v) is 6.09. The number of ether oxygens (including phenoxy) is 1. The molecule has 0 aliphatic carbocycles. The Bertz CT molecular complexity index is 599. The van der Waals surface area contributed by atoms with Crippen LogP contribution in [0.25, 0.3) is 0 Å². The van der Waals surface area contributed by atoms with Gasteiger partial charge in [0.2, 0.25) is 0 Å². The van der Waals surface area contributed by atoms with Gasteiger partial charge in [-0.25, -0.2) is 0 Å². The highest BCUT2D eigenvalue weighted by atomic mass is 16.5. The van der Waals surface area contributed by atoms with Crippen molar-refractivity contribution in [1.29, 1.82) is 0 Å². The summed E-state index contributed by atoms with van der Waals surface area (Å²) < 4.78 is 7.03. The summed E-state index contributed by atoms with van der Waals surface area (Å²) >= 11 is 0. The van der Waals surface area contributed by atoms with E-state index < -0.39 is 6.10 Å². The van der Waals surface area contributed by atoms with E-state index >= 15 is 0 Å². The van der Waals surface area contributed by atoms with Crippen molar-refractivity contribution in [2.24, 2.45) is 0 Å². The third-order valence-electron chi connectivity index (χ3n) is 2.99. The van der Waals surface area contributed by atoms with Crippen molar-refractivity contribution in [2.45, 2.75) is 19.6 Å². The maximum atomic E-state index is 11.0. The Kier molecular flexibility index (Phi) is 4.02. The summed E-state index contributed by atoms with van der Waals surface area (Å²) in [4.78, 5) is 11.0. The Morgan fingerprint density at radius 1 is 1.26 bits per heavy atom. The number of nitrogens with zero attached hydrogens (tertiary/aromatic N) is 1. The number of methoxy groups -OCH3 is 1. The van der Waals surface area contributed by atoms with Gasteiger partial charge in [0.25, 0.3) is 0 Å². The average molecular weight is 259 g/mol. The fraction of sp³-hybridized carbons (Fsp3) is 0.267. The predicted molar refractivity (Wildman–Crippen MR) is 73.4 cm³/mol. The van der Waals surface area contributed by atoms with Crippen molar-refractivity contribution in [1.82, 2.24) is 4.57 Å². The molecule has 2 aromatic rings. The first kappa shape index (κ1) is 13.4. The summed E-state index contributed by atoms with van der Waals surface area (Å²) in [6, 6.07) is 8.64. The molecule has 0 saturated carbocycles. The molecule has 0 aliphatic rings. The van der Waals surface area contributed by atoms with E-state index in [1.807, 2.05) is 25.1 Å². The van der Waals surface area contributed by atoms with E-state index in [2.05, 4.69) is 0 Å². The molecule has 0 radical (unpaired) electrons. The molecule has 1 atom stereocenters. The van der Waals surface area contributed by atoms with Crippen molar-refractivity contribution >= 4 is 0 Å². The van der Waals surface area contributed by atoms with Gasteiger partial charge in [-0.2, -0.15) is 0 Å². The number of benzene rings is 1. The summed E-state index contributed by atoms with van der Waals surface area (Å²) in [5, 5.41) is 10.3. The number of aryl methyl sites for hydroxylation is 1.